The van der Waals surface area contributed by atoms with Crippen LogP contribution in [0.1, 0.15) is 34.6 Å². The summed E-state index contributed by atoms with van der Waals surface area (Å²) in [6.07, 6.45) is 0.0383. The highest BCUT2D eigenvalue weighted by molar-refractivity contribution is 5.27. The molecule has 0 amide bonds. The summed E-state index contributed by atoms with van der Waals surface area (Å²) in [5.74, 6) is 0.863. The van der Waals surface area contributed by atoms with Crippen LogP contribution < -0.4 is 14.8 Å². The number of nitrogens with one attached hydrogen (secondary N) is 1. The summed E-state index contributed by atoms with van der Waals surface area (Å²) in [4.78, 5) is 12.4. The number of rotatable bonds is 7. The molecular weight excluding hydrogens is 232 g/mol. The third kappa shape index (κ3) is 4.35. The van der Waals surface area contributed by atoms with Crippen LogP contribution in [0.15, 0.2) is 0 Å². The Balaban J connectivity index is 2.87. The predicted molar refractivity (Wildman–Crippen MR) is 70.1 cm³/mol. The van der Waals surface area contributed by atoms with Gasteiger partial charge in [0.15, 0.2) is 0 Å². The van der Waals surface area contributed by atoms with Gasteiger partial charge < -0.3 is 14.8 Å². The Labute approximate surface area is 108 Å². The van der Waals surface area contributed by atoms with E-state index in [9.17, 15) is 0 Å². The fraction of sp³-hybridized carbons (Fsp3) is 0.750. The van der Waals surface area contributed by atoms with Crippen molar-refractivity contribution in [3.05, 3.63) is 0 Å². The number of ether oxygens (including phenoxy) is 2. The van der Waals surface area contributed by atoms with Crippen molar-refractivity contribution in [3.8, 4) is 12.0 Å². The molecule has 102 valence electrons. The van der Waals surface area contributed by atoms with Crippen molar-refractivity contribution in [2.75, 3.05) is 18.5 Å². The summed E-state index contributed by atoms with van der Waals surface area (Å²) in [6.45, 7) is 11.3. The standard InChI is InChI=1S/C12H22N4O2/c1-6-13-10-14-11(17-7-2)16-12(15-10)18-9(5)8(3)4/h8-9H,6-7H2,1-5H3,(H,13,14,15,16). The molecule has 0 aliphatic carbocycles. The number of aromatic nitrogens is 3. The highest BCUT2D eigenvalue weighted by atomic mass is 16.5. The summed E-state index contributed by atoms with van der Waals surface area (Å²) < 4.78 is 11.0. The topological polar surface area (TPSA) is 69.2 Å². The maximum absolute atomic E-state index is 5.67. The van der Waals surface area contributed by atoms with E-state index < -0.39 is 0 Å². The van der Waals surface area contributed by atoms with Crippen molar-refractivity contribution in [1.82, 2.24) is 15.0 Å². The van der Waals surface area contributed by atoms with Crippen molar-refractivity contribution in [1.29, 1.82) is 0 Å². The molecule has 18 heavy (non-hydrogen) atoms. The van der Waals surface area contributed by atoms with Crippen molar-refractivity contribution in [2.45, 2.75) is 40.7 Å². The fourth-order valence-electron chi connectivity index (χ4n) is 1.12. The molecule has 1 rings (SSSR count). The molecule has 0 radical (unpaired) electrons. The lowest BCUT2D eigenvalue weighted by atomic mass is 10.1. The molecule has 0 aromatic carbocycles. The lowest BCUT2D eigenvalue weighted by Crippen LogP contribution is -2.20. The van der Waals surface area contributed by atoms with Crippen molar-refractivity contribution in [3.63, 3.8) is 0 Å². The fourth-order valence-corrected chi connectivity index (χ4v) is 1.12. The minimum Gasteiger partial charge on any atom is -0.464 e. The van der Waals surface area contributed by atoms with E-state index in [2.05, 4.69) is 34.1 Å². The molecule has 6 heteroatoms. The van der Waals surface area contributed by atoms with Crippen LogP contribution in [0.2, 0.25) is 0 Å². The minimum absolute atomic E-state index is 0.0383. The Morgan fingerprint density at radius 3 is 2.28 bits per heavy atom. The summed E-state index contributed by atoms with van der Waals surface area (Å²) in [6, 6.07) is 0.583. The Bertz CT molecular complexity index is 347. The first-order valence-corrected chi connectivity index (χ1v) is 6.36. The number of anilines is 1. The molecule has 1 aromatic heterocycles. The average Bonchev–Trinajstić information content (AvgIpc) is 2.29. The van der Waals surface area contributed by atoms with Gasteiger partial charge in [0.2, 0.25) is 5.95 Å². The second kappa shape index (κ2) is 6.98. The number of nitrogens with zero attached hydrogens (tertiary/aromatic N) is 3. The molecule has 0 aliphatic rings. The highest BCUT2D eigenvalue weighted by Crippen LogP contribution is 2.16. The first-order valence-electron chi connectivity index (χ1n) is 6.36. The smallest absolute Gasteiger partial charge is 0.324 e. The zero-order chi connectivity index (χ0) is 13.5. The molecule has 1 atom stereocenters. The molecule has 0 aliphatic heterocycles. The molecule has 0 bridgehead atoms. The maximum Gasteiger partial charge on any atom is 0.324 e. The highest BCUT2D eigenvalue weighted by Gasteiger charge is 2.13. The molecule has 0 saturated carbocycles. The van der Waals surface area contributed by atoms with Gasteiger partial charge in [0, 0.05) is 6.54 Å². The lowest BCUT2D eigenvalue weighted by Gasteiger charge is -2.17. The summed E-state index contributed by atoms with van der Waals surface area (Å²) in [5, 5.41) is 3.03. The molecule has 0 spiro atoms. The summed E-state index contributed by atoms with van der Waals surface area (Å²) in [7, 11) is 0. The molecule has 0 fully saturated rings. The third-order valence-electron chi connectivity index (χ3n) is 2.43. The molecular formula is C12H22N4O2. The largest absolute Gasteiger partial charge is 0.464 e. The average molecular weight is 254 g/mol. The Morgan fingerprint density at radius 1 is 1.06 bits per heavy atom. The zero-order valence-corrected chi connectivity index (χ0v) is 11.7. The van der Waals surface area contributed by atoms with Gasteiger partial charge in [-0.3, -0.25) is 0 Å². The second-order valence-corrected chi connectivity index (χ2v) is 4.25. The van der Waals surface area contributed by atoms with Crippen LogP contribution >= 0.6 is 0 Å². The first kappa shape index (κ1) is 14.5. The van der Waals surface area contributed by atoms with Crippen LogP contribution in [-0.2, 0) is 0 Å². The number of hydrogen-bond acceptors (Lipinski definition) is 6. The van der Waals surface area contributed by atoms with Crippen LogP contribution in [0.25, 0.3) is 0 Å². The van der Waals surface area contributed by atoms with Crippen LogP contribution in [0.5, 0.6) is 12.0 Å². The van der Waals surface area contributed by atoms with Gasteiger partial charge in [-0.15, -0.1) is 4.98 Å². The number of hydrogen-bond donors (Lipinski definition) is 1. The first-order chi connectivity index (χ1) is 8.56. The van der Waals surface area contributed by atoms with Crippen molar-refractivity contribution in [2.24, 2.45) is 5.92 Å². The van der Waals surface area contributed by atoms with Gasteiger partial charge in [-0.1, -0.05) is 13.8 Å². The van der Waals surface area contributed by atoms with Gasteiger partial charge in [0.25, 0.3) is 0 Å². The second-order valence-electron chi connectivity index (χ2n) is 4.25. The van der Waals surface area contributed by atoms with Crippen LogP contribution in [0.3, 0.4) is 0 Å². The van der Waals surface area contributed by atoms with Crippen molar-refractivity contribution < 1.29 is 9.47 Å². The zero-order valence-electron chi connectivity index (χ0n) is 11.7. The van der Waals surface area contributed by atoms with E-state index in [1.54, 1.807) is 0 Å². The summed E-state index contributed by atoms with van der Waals surface area (Å²) in [5.41, 5.74) is 0. The van der Waals surface area contributed by atoms with E-state index in [1.165, 1.54) is 0 Å². The van der Waals surface area contributed by atoms with Gasteiger partial charge in [0.05, 0.1) is 6.61 Å². The summed E-state index contributed by atoms with van der Waals surface area (Å²) >= 11 is 0. The monoisotopic (exact) mass is 254 g/mol. The molecule has 6 nitrogen and oxygen atoms in total. The molecule has 0 saturated heterocycles. The Kier molecular flexibility index (Phi) is 5.61. The van der Waals surface area contributed by atoms with Gasteiger partial charge in [0.1, 0.15) is 6.10 Å². The van der Waals surface area contributed by atoms with Crippen LogP contribution in [0.4, 0.5) is 5.95 Å². The van der Waals surface area contributed by atoms with E-state index in [-0.39, 0.29) is 12.1 Å². The molecule has 1 unspecified atom stereocenters. The normalized spacial score (nSPS) is 12.3. The van der Waals surface area contributed by atoms with Gasteiger partial charge in [-0.25, -0.2) is 0 Å². The van der Waals surface area contributed by atoms with Crippen molar-refractivity contribution >= 4 is 5.95 Å². The minimum atomic E-state index is 0.0383. The predicted octanol–water partition coefficient (Wildman–Crippen LogP) is 2.13. The van der Waals surface area contributed by atoms with Crippen LogP contribution in [0, 0.1) is 5.92 Å². The van der Waals surface area contributed by atoms with E-state index in [4.69, 9.17) is 9.47 Å². The molecule has 1 heterocycles. The maximum atomic E-state index is 5.67. The van der Waals surface area contributed by atoms with E-state index >= 15 is 0 Å². The Hall–Kier alpha value is -1.59. The van der Waals surface area contributed by atoms with E-state index in [0.29, 0.717) is 24.5 Å². The third-order valence-corrected chi connectivity index (χ3v) is 2.43. The quantitative estimate of drug-likeness (QED) is 0.803. The molecule has 1 aromatic rings. The van der Waals surface area contributed by atoms with E-state index in [0.717, 1.165) is 6.54 Å². The Morgan fingerprint density at radius 2 is 1.72 bits per heavy atom. The molecule has 1 N–H and O–H groups in total. The van der Waals surface area contributed by atoms with E-state index in [1.807, 2.05) is 20.8 Å². The van der Waals surface area contributed by atoms with Gasteiger partial charge >= 0.3 is 12.0 Å². The SMILES string of the molecule is CCNc1nc(OCC)nc(OC(C)C(C)C)n1. The van der Waals surface area contributed by atoms with Gasteiger partial charge in [-0.05, 0) is 26.7 Å². The lowest BCUT2D eigenvalue weighted by molar-refractivity contribution is 0.152. The van der Waals surface area contributed by atoms with Crippen LogP contribution in [-0.4, -0.2) is 34.2 Å². The van der Waals surface area contributed by atoms with Gasteiger partial charge in [-0.2, -0.15) is 9.97 Å².